The number of aromatic nitrogens is 1. The summed E-state index contributed by atoms with van der Waals surface area (Å²) in [6.07, 6.45) is 2.21. The molecule has 5 rings (SSSR count). The van der Waals surface area contributed by atoms with Crippen molar-refractivity contribution in [2.45, 2.75) is 26.0 Å². The van der Waals surface area contributed by atoms with Crippen molar-refractivity contribution < 1.29 is 23.4 Å². The van der Waals surface area contributed by atoms with E-state index in [1.807, 2.05) is 49.4 Å². The van der Waals surface area contributed by atoms with E-state index in [4.69, 9.17) is 19.2 Å². The predicted molar refractivity (Wildman–Crippen MR) is 163 cm³/mol. The van der Waals surface area contributed by atoms with Crippen LogP contribution in [0.4, 0.5) is 4.39 Å². The molecule has 41 heavy (non-hydrogen) atoms. The van der Waals surface area contributed by atoms with Gasteiger partial charge in [0, 0.05) is 14.7 Å². The Morgan fingerprint density at radius 2 is 1.85 bits per heavy atom. The number of carbonyl (C=O) groups excluding carboxylic acids is 1. The van der Waals surface area contributed by atoms with Gasteiger partial charge in [-0.2, -0.15) is 0 Å². The monoisotopic (exact) mass is 684 g/mol. The lowest BCUT2D eigenvalue weighted by molar-refractivity contribution is -0.136. The van der Waals surface area contributed by atoms with E-state index in [2.05, 4.69) is 22.6 Å². The van der Waals surface area contributed by atoms with Gasteiger partial charge in [0.15, 0.2) is 16.3 Å². The summed E-state index contributed by atoms with van der Waals surface area (Å²) in [5.74, 6) is -0.0671. The zero-order chi connectivity index (χ0) is 29.1. The number of benzene rings is 3. The zero-order valence-corrected chi connectivity index (χ0v) is 25.5. The quantitative estimate of drug-likeness (QED) is 0.190. The van der Waals surface area contributed by atoms with Gasteiger partial charge in [0.2, 0.25) is 0 Å². The molecule has 0 unspecified atom stereocenters. The molecule has 0 saturated heterocycles. The smallest absolute Gasteiger partial charge is 0.338 e. The highest BCUT2D eigenvalue weighted by Crippen LogP contribution is 2.35. The van der Waals surface area contributed by atoms with Crippen molar-refractivity contribution in [2.75, 3.05) is 14.2 Å². The number of esters is 1. The van der Waals surface area contributed by atoms with Gasteiger partial charge in [0.25, 0.3) is 5.56 Å². The molecular formula is C31H26FIN2O5S. The number of fused-ring (bicyclic) bond motifs is 1. The second kappa shape index (κ2) is 12.4. The van der Waals surface area contributed by atoms with E-state index >= 15 is 0 Å². The molecule has 1 aliphatic rings. The third-order valence-electron chi connectivity index (χ3n) is 6.65. The molecule has 0 aliphatic carbocycles. The highest BCUT2D eigenvalue weighted by atomic mass is 127. The van der Waals surface area contributed by atoms with E-state index in [1.54, 1.807) is 28.8 Å². The topological polar surface area (TPSA) is 79.1 Å². The van der Waals surface area contributed by atoms with E-state index in [0.29, 0.717) is 49.7 Å². The van der Waals surface area contributed by atoms with Gasteiger partial charge < -0.3 is 14.2 Å². The van der Waals surface area contributed by atoms with Crippen LogP contribution in [0.3, 0.4) is 0 Å². The number of thiazole rings is 1. The molecule has 0 amide bonds. The molecule has 1 aromatic heterocycles. The molecule has 2 heterocycles. The Bertz CT molecular complexity index is 1830. The number of hydrogen-bond acceptors (Lipinski definition) is 7. The SMILES string of the molecule is CCC1=C(C(=O)OC)[C@@H](c2ccccc2)n2c(s/c(=C/c3cc(I)cc(OC)c3OCc3ccccc3F)c2=O)=N1. The summed E-state index contributed by atoms with van der Waals surface area (Å²) in [5.41, 5.74) is 2.36. The molecule has 1 atom stereocenters. The summed E-state index contributed by atoms with van der Waals surface area (Å²) in [7, 11) is 2.85. The number of allylic oxidation sites excluding steroid dienone is 1. The molecular weight excluding hydrogens is 658 g/mol. The first kappa shape index (κ1) is 28.7. The molecule has 0 spiro atoms. The van der Waals surface area contributed by atoms with Crippen molar-refractivity contribution in [3.05, 3.63) is 124 Å². The average molecular weight is 685 g/mol. The average Bonchev–Trinajstić information content (AvgIpc) is 3.30. The molecule has 7 nitrogen and oxygen atoms in total. The maximum Gasteiger partial charge on any atom is 0.338 e. The van der Waals surface area contributed by atoms with Crippen LogP contribution in [-0.2, 0) is 16.1 Å². The lowest BCUT2D eigenvalue weighted by Gasteiger charge is -2.25. The highest BCUT2D eigenvalue weighted by Gasteiger charge is 2.33. The first-order valence-electron chi connectivity index (χ1n) is 12.8. The van der Waals surface area contributed by atoms with Gasteiger partial charge in [0.05, 0.1) is 36.1 Å². The van der Waals surface area contributed by atoms with Crippen molar-refractivity contribution in [1.82, 2.24) is 4.57 Å². The number of rotatable bonds is 8. The fourth-order valence-corrected chi connectivity index (χ4v) is 6.35. The number of halogens is 2. The van der Waals surface area contributed by atoms with Crippen molar-refractivity contribution in [3.63, 3.8) is 0 Å². The first-order chi connectivity index (χ1) is 19.9. The van der Waals surface area contributed by atoms with Crippen LogP contribution in [0.2, 0.25) is 0 Å². The van der Waals surface area contributed by atoms with Gasteiger partial charge in [-0.15, -0.1) is 0 Å². The lowest BCUT2D eigenvalue weighted by Crippen LogP contribution is -2.40. The number of nitrogens with zero attached hydrogens (tertiary/aromatic N) is 2. The van der Waals surface area contributed by atoms with E-state index in [1.165, 1.54) is 31.6 Å². The number of ether oxygens (including phenoxy) is 3. The van der Waals surface area contributed by atoms with Crippen LogP contribution in [0.5, 0.6) is 11.5 Å². The van der Waals surface area contributed by atoms with Crippen molar-refractivity contribution in [2.24, 2.45) is 4.99 Å². The largest absolute Gasteiger partial charge is 0.493 e. The maximum absolute atomic E-state index is 14.3. The molecule has 1 aliphatic heterocycles. The van der Waals surface area contributed by atoms with Crippen LogP contribution in [0.25, 0.3) is 6.08 Å². The summed E-state index contributed by atoms with van der Waals surface area (Å²) in [6, 6.07) is 18.7. The minimum atomic E-state index is -0.695. The number of carbonyl (C=O) groups is 1. The maximum atomic E-state index is 14.3. The van der Waals surface area contributed by atoms with Gasteiger partial charge in [-0.05, 0) is 58.9 Å². The standard InChI is InChI=1S/C31H26FIN2O5S/c1-4-23-26(30(37)39-3)27(18-10-6-5-7-11-18)35-29(36)25(41-31(35)34-23)15-20-14-21(33)16-24(38-2)28(20)40-17-19-12-8-9-13-22(19)32/h5-16,27H,4,17H2,1-3H3/b25-15+/t27-/m1/s1. The van der Waals surface area contributed by atoms with Crippen LogP contribution in [0, 0.1) is 9.39 Å². The second-order valence-electron chi connectivity index (χ2n) is 9.11. The van der Waals surface area contributed by atoms with Gasteiger partial charge in [-0.25, -0.2) is 14.2 Å². The Morgan fingerprint density at radius 3 is 2.54 bits per heavy atom. The third kappa shape index (κ3) is 5.71. The summed E-state index contributed by atoms with van der Waals surface area (Å²) in [4.78, 5) is 32.2. The number of methoxy groups -OCH3 is 2. The van der Waals surface area contributed by atoms with Crippen LogP contribution in [-0.4, -0.2) is 24.8 Å². The van der Waals surface area contributed by atoms with Crippen LogP contribution in [0.15, 0.2) is 87.8 Å². The molecule has 0 fully saturated rings. The van der Waals surface area contributed by atoms with Crippen LogP contribution in [0.1, 0.15) is 36.1 Å². The van der Waals surface area contributed by atoms with Crippen LogP contribution >= 0.6 is 33.9 Å². The normalized spacial score (nSPS) is 14.9. The summed E-state index contributed by atoms with van der Waals surface area (Å²) in [5, 5.41) is 0. The van der Waals surface area contributed by atoms with Gasteiger partial charge in [0.1, 0.15) is 12.4 Å². The van der Waals surface area contributed by atoms with Crippen LogP contribution < -0.4 is 24.4 Å². The summed E-state index contributed by atoms with van der Waals surface area (Å²) < 4.78 is 33.9. The Hall–Kier alpha value is -3.77. The van der Waals surface area contributed by atoms with E-state index in [-0.39, 0.29) is 18.0 Å². The lowest BCUT2D eigenvalue weighted by atomic mass is 9.95. The molecule has 10 heteroatoms. The Labute approximate surface area is 253 Å². The van der Waals surface area contributed by atoms with Crippen molar-refractivity contribution in [3.8, 4) is 11.5 Å². The number of hydrogen-bond donors (Lipinski definition) is 0. The minimum Gasteiger partial charge on any atom is -0.493 e. The highest BCUT2D eigenvalue weighted by molar-refractivity contribution is 14.1. The molecule has 0 bridgehead atoms. The van der Waals surface area contributed by atoms with E-state index < -0.39 is 12.0 Å². The van der Waals surface area contributed by atoms with Gasteiger partial charge in [-0.3, -0.25) is 9.36 Å². The summed E-state index contributed by atoms with van der Waals surface area (Å²) in [6.45, 7) is 1.89. The second-order valence-corrected chi connectivity index (χ2v) is 11.4. The molecule has 3 aromatic carbocycles. The molecule has 210 valence electrons. The molecule has 0 radical (unpaired) electrons. The minimum absolute atomic E-state index is 0.0257. The Morgan fingerprint density at radius 1 is 1.12 bits per heavy atom. The zero-order valence-electron chi connectivity index (χ0n) is 22.5. The Balaban J connectivity index is 1.69. The first-order valence-corrected chi connectivity index (χ1v) is 14.7. The molecule has 0 N–H and O–H groups in total. The molecule has 0 saturated carbocycles. The third-order valence-corrected chi connectivity index (χ3v) is 8.26. The van der Waals surface area contributed by atoms with Crippen molar-refractivity contribution >= 4 is 46.0 Å². The van der Waals surface area contributed by atoms with Gasteiger partial charge in [-0.1, -0.05) is 66.8 Å². The van der Waals surface area contributed by atoms with E-state index in [9.17, 15) is 14.0 Å². The van der Waals surface area contributed by atoms with Gasteiger partial charge >= 0.3 is 5.97 Å². The van der Waals surface area contributed by atoms with Crippen molar-refractivity contribution in [1.29, 1.82) is 0 Å². The molecule has 4 aromatic rings. The Kier molecular flexibility index (Phi) is 8.69. The predicted octanol–water partition coefficient (Wildman–Crippen LogP) is 5.13. The fraction of sp³-hybridized carbons (Fsp3) is 0.194. The summed E-state index contributed by atoms with van der Waals surface area (Å²) >= 11 is 3.39. The van der Waals surface area contributed by atoms with E-state index in [0.717, 1.165) is 9.13 Å². The fourth-order valence-electron chi connectivity index (χ4n) is 4.72.